The summed E-state index contributed by atoms with van der Waals surface area (Å²) in [5.74, 6) is 0.189. The van der Waals surface area contributed by atoms with Gasteiger partial charge in [0.15, 0.2) is 0 Å². The first-order valence-corrected chi connectivity index (χ1v) is 6.81. The van der Waals surface area contributed by atoms with Crippen molar-refractivity contribution >= 4 is 16.8 Å². The molecule has 5 nitrogen and oxygen atoms in total. The molecule has 1 amide bonds. The molecule has 0 radical (unpaired) electrons. The molecular weight excluding hydrogens is 254 g/mol. The molecule has 1 heterocycles. The van der Waals surface area contributed by atoms with Crippen molar-refractivity contribution in [2.75, 3.05) is 6.54 Å². The molecule has 1 aromatic carbocycles. The summed E-state index contributed by atoms with van der Waals surface area (Å²) in [5.41, 5.74) is 0.496. The van der Waals surface area contributed by atoms with Crippen molar-refractivity contribution in [3.63, 3.8) is 0 Å². The molecule has 0 saturated carbocycles. The number of hydrogen-bond donors (Lipinski definition) is 3. The van der Waals surface area contributed by atoms with Crippen LogP contribution >= 0.6 is 0 Å². The standard InChI is InChI=1S/C15H21N3O2/c1-10(2)7-15(3,20)9-16-14(19)11-4-5-12-8-17-18-13(12)6-11/h4-6,8,10,20H,7,9H2,1-3H3,(H,16,19)(H,17,18). The number of fused-ring (bicyclic) bond motifs is 1. The number of aromatic nitrogens is 2. The van der Waals surface area contributed by atoms with Gasteiger partial charge in [0.05, 0.1) is 17.3 Å². The molecule has 0 aliphatic heterocycles. The number of hydrogen-bond acceptors (Lipinski definition) is 3. The van der Waals surface area contributed by atoms with Crippen LogP contribution in [0.25, 0.3) is 10.9 Å². The highest BCUT2D eigenvalue weighted by Gasteiger charge is 2.22. The maximum Gasteiger partial charge on any atom is 0.251 e. The molecule has 0 bridgehead atoms. The van der Waals surface area contributed by atoms with Crippen molar-refractivity contribution in [1.29, 1.82) is 0 Å². The average molecular weight is 275 g/mol. The van der Waals surface area contributed by atoms with Crippen LogP contribution in [0.1, 0.15) is 37.6 Å². The van der Waals surface area contributed by atoms with Crippen LogP contribution in [0.4, 0.5) is 0 Å². The van der Waals surface area contributed by atoms with Crippen LogP contribution in [0.15, 0.2) is 24.4 Å². The van der Waals surface area contributed by atoms with E-state index in [-0.39, 0.29) is 12.5 Å². The Morgan fingerprint density at radius 1 is 1.50 bits per heavy atom. The summed E-state index contributed by atoms with van der Waals surface area (Å²) in [6.45, 7) is 6.07. The van der Waals surface area contributed by atoms with Crippen LogP contribution in [0.2, 0.25) is 0 Å². The number of nitrogens with one attached hydrogen (secondary N) is 2. The minimum atomic E-state index is -0.887. The summed E-state index contributed by atoms with van der Waals surface area (Å²) in [7, 11) is 0. The molecule has 0 spiro atoms. The molecule has 0 aliphatic carbocycles. The monoisotopic (exact) mass is 275 g/mol. The van der Waals surface area contributed by atoms with Crippen molar-refractivity contribution < 1.29 is 9.90 Å². The third-order valence-corrected chi connectivity index (χ3v) is 3.18. The molecule has 0 fully saturated rings. The van der Waals surface area contributed by atoms with Gasteiger partial charge in [-0.1, -0.05) is 19.9 Å². The first kappa shape index (κ1) is 14.5. The van der Waals surface area contributed by atoms with E-state index in [2.05, 4.69) is 15.5 Å². The molecular formula is C15H21N3O2. The second-order valence-electron chi connectivity index (χ2n) is 5.95. The van der Waals surface area contributed by atoms with Gasteiger partial charge >= 0.3 is 0 Å². The summed E-state index contributed by atoms with van der Waals surface area (Å²) < 4.78 is 0. The van der Waals surface area contributed by atoms with E-state index >= 15 is 0 Å². The van der Waals surface area contributed by atoms with Crippen molar-refractivity contribution in [2.45, 2.75) is 32.8 Å². The van der Waals surface area contributed by atoms with Gasteiger partial charge in [-0.15, -0.1) is 0 Å². The Labute approximate surface area is 118 Å². The number of carbonyl (C=O) groups is 1. The van der Waals surface area contributed by atoms with Crippen molar-refractivity contribution in [1.82, 2.24) is 15.5 Å². The van der Waals surface area contributed by atoms with Gasteiger partial charge in [-0.05, 0) is 31.4 Å². The fourth-order valence-corrected chi connectivity index (χ4v) is 2.40. The molecule has 0 aliphatic rings. The number of amides is 1. The highest BCUT2D eigenvalue weighted by molar-refractivity contribution is 5.97. The molecule has 0 saturated heterocycles. The first-order valence-electron chi connectivity index (χ1n) is 6.81. The summed E-state index contributed by atoms with van der Waals surface area (Å²) in [4.78, 5) is 12.1. The maximum absolute atomic E-state index is 12.1. The largest absolute Gasteiger partial charge is 0.388 e. The van der Waals surface area contributed by atoms with Gasteiger partial charge < -0.3 is 10.4 Å². The fraction of sp³-hybridized carbons (Fsp3) is 0.467. The van der Waals surface area contributed by atoms with Crippen molar-refractivity contribution in [2.24, 2.45) is 5.92 Å². The predicted octanol–water partition coefficient (Wildman–Crippen LogP) is 2.09. The third kappa shape index (κ3) is 3.57. The summed E-state index contributed by atoms with van der Waals surface area (Å²) in [6.07, 6.45) is 2.36. The van der Waals surface area contributed by atoms with E-state index < -0.39 is 5.60 Å². The molecule has 5 heteroatoms. The zero-order valence-corrected chi connectivity index (χ0v) is 12.1. The highest BCUT2D eigenvalue weighted by Crippen LogP contribution is 2.16. The lowest BCUT2D eigenvalue weighted by Crippen LogP contribution is -2.41. The Bertz CT molecular complexity index is 602. The van der Waals surface area contributed by atoms with E-state index in [0.29, 0.717) is 17.9 Å². The topological polar surface area (TPSA) is 78.0 Å². The van der Waals surface area contributed by atoms with E-state index in [4.69, 9.17) is 0 Å². The van der Waals surface area contributed by atoms with Crippen molar-refractivity contribution in [3.8, 4) is 0 Å². The van der Waals surface area contributed by atoms with Crippen LogP contribution in [-0.2, 0) is 0 Å². The van der Waals surface area contributed by atoms with Crippen LogP contribution in [0.5, 0.6) is 0 Å². The van der Waals surface area contributed by atoms with Crippen LogP contribution in [-0.4, -0.2) is 33.4 Å². The molecule has 1 aromatic heterocycles. The summed E-state index contributed by atoms with van der Waals surface area (Å²) >= 11 is 0. The van der Waals surface area contributed by atoms with E-state index in [9.17, 15) is 9.90 Å². The van der Waals surface area contributed by atoms with Gasteiger partial charge in [-0.25, -0.2) is 0 Å². The second kappa shape index (κ2) is 5.63. The van der Waals surface area contributed by atoms with Crippen LogP contribution in [0, 0.1) is 5.92 Å². The Kier molecular flexibility index (Phi) is 4.09. The lowest BCUT2D eigenvalue weighted by atomic mass is 9.94. The molecule has 1 unspecified atom stereocenters. The van der Waals surface area contributed by atoms with E-state index in [1.54, 1.807) is 25.3 Å². The molecule has 1 atom stereocenters. The summed E-state index contributed by atoms with van der Waals surface area (Å²) in [6, 6.07) is 5.36. The molecule has 2 aromatic rings. The molecule has 20 heavy (non-hydrogen) atoms. The van der Waals surface area contributed by atoms with Gasteiger partial charge in [-0.2, -0.15) is 5.10 Å². The minimum Gasteiger partial charge on any atom is -0.388 e. The predicted molar refractivity (Wildman–Crippen MR) is 78.5 cm³/mol. The van der Waals surface area contributed by atoms with E-state index in [1.165, 1.54) is 0 Å². The summed E-state index contributed by atoms with van der Waals surface area (Å²) in [5, 5.41) is 20.7. The number of carbonyl (C=O) groups excluding carboxylic acids is 1. The zero-order valence-electron chi connectivity index (χ0n) is 12.1. The van der Waals surface area contributed by atoms with Gasteiger partial charge in [0.2, 0.25) is 0 Å². The third-order valence-electron chi connectivity index (χ3n) is 3.18. The van der Waals surface area contributed by atoms with Crippen LogP contribution in [0.3, 0.4) is 0 Å². The maximum atomic E-state index is 12.1. The zero-order chi connectivity index (χ0) is 14.8. The quantitative estimate of drug-likeness (QED) is 0.782. The molecule has 3 N–H and O–H groups in total. The Morgan fingerprint density at radius 3 is 2.95 bits per heavy atom. The Balaban J connectivity index is 2.01. The fourth-order valence-electron chi connectivity index (χ4n) is 2.40. The minimum absolute atomic E-state index is 0.189. The molecule has 2 rings (SSSR count). The van der Waals surface area contributed by atoms with Gasteiger partial charge in [0, 0.05) is 17.5 Å². The SMILES string of the molecule is CC(C)CC(C)(O)CNC(=O)c1ccc2cn[nH]c2c1. The lowest BCUT2D eigenvalue weighted by Gasteiger charge is -2.25. The normalized spacial score (nSPS) is 14.4. The lowest BCUT2D eigenvalue weighted by molar-refractivity contribution is 0.0368. The number of rotatable bonds is 5. The van der Waals surface area contributed by atoms with Gasteiger partial charge in [0.25, 0.3) is 5.91 Å². The van der Waals surface area contributed by atoms with E-state index in [1.807, 2.05) is 19.9 Å². The average Bonchev–Trinajstić information content (AvgIpc) is 2.81. The van der Waals surface area contributed by atoms with Crippen molar-refractivity contribution in [3.05, 3.63) is 30.0 Å². The smallest absolute Gasteiger partial charge is 0.251 e. The number of H-pyrrole nitrogens is 1. The Morgan fingerprint density at radius 2 is 2.25 bits per heavy atom. The number of aromatic amines is 1. The Hall–Kier alpha value is -1.88. The number of benzene rings is 1. The molecule has 108 valence electrons. The van der Waals surface area contributed by atoms with Gasteiger partial charge in [0.1, 0.15) is 0 Å². The van der Waals surface area contributed by atoms with E-state index in [0.717, 1.165) is 10.9 Å². The first-order chi connectivity index (χ1) is 9.37. The van der Waals surface area contributed by atoms with Gasteiger partial charge in [-0.3, -0.25) is 9.89 Å². The number of aliphatic hydroxyl groups is 1. The highest BCUT2D eigenvalue weighted by atomic mass is 16.3. The number of nitrogens with zero attached hydrogens (tertiary/aromatic N) is 1. The van der Waals surface area contributed by atoms with Crippen LogP contribution < -0.4 is 5.32 Å². The second-order valence-corrected chi connectivity index (χ2v) is 5.95.